The minimum Gasteiger partial charge on any atom is -0.379 e. The second-order valence-electron chi connectivity index (χ2n) is 4.17. The molecule has 1 aliphatic rings. The molecular weight excluding hydrogens is 252 g/mol. The van der Waals surface area contributed by atoms with Crippen molar-refractivity contribution in [3.05, 3.63) is 12.7 Å². The molecule has 0 spiro atoms. The van der Waals surface area contributed by atoms with E-state index < -0.39 is 8.80 Å². The molecule has 0 aromatic rings. The van der Waals surface area contributed by atoms with E-state index in [1.807, 2.05) is 0 Å². The summed E-state index contributed by atoms with van der Waals surface area (Å²) in [6.07, 6.45) is 4.02. The zero-order valence-corrected chi connectivity index (χ0v) is 12.4. The molecule has 1 aliphatic heterocycles. The van der Waals surface area contributed by atoms with E-state index in [2.05, 4.69) is 6.58 Å². The van der Waals surface area contributed by atoms with Crippen molar-refractivity contribution in [3.63, 3.8) is 0 Å². The van der Waals surface area contributed by atoms with Gasteiger partial charge in [0.25, 0.3) is 0 Å². The molecule has 0 aliphatic carbocycles. The molecule has 1 fully saturated rings. The number of unbranched alkanes of at least 4 members (excludes halogenated alkanes) is 1. The Balaban J connectivity index is 2.00. The summed E-state index contributed by atoms with van der Waals surface area (Å²) < 4.78 is 27.0. The van der Waals surface area contributed by atoms with Crippen LogP contribution in [0.1, 0.15) is 12.8 Å². The number of allylic oxidation sites excluding steroid dienone is 1. The van der Waals surface area contributed by atoms with Gasteiger partial charge in [-0.2, -0.15) is 0 Å². The van der Waals surface area contributed by atoms with E-state index in [9.17, 15) is 0 Å². The summed E-state index contributed by atoms with van der Waals surface area (Å²) in [5.74, 6) is 0. The van der Waals surface area contributed by atoms with E-state index in [0.717, 1.165) is 26.1 Å². The zero-order valence-electron chi connectivity index (χ0n) is 11.4. The van der Waals surface area contributed by atoms with Crippen LogP contribution in [0.2, 0.25) is 6.04 Å². The Morgan fingerprint density at radius 1 is 1.28 bits per heavy atom. The first-order chi connectivity index (χ1) is 8.76. The van der Waals surface area contributed by atoms with Crippen molar-refractivity contribution in [1.82, 2.24) is 0 Å². The van der Waals surface area contributed by atoms with Gasteiger partial charge in [0.2, 0.25) is 0 Å². The van der Waals surface area contributed by atoms with Gasteiger partial charge in [0, 0.05) is 33.5 Å². The van der Waals surface area contributed by atoms with E-state index in [1.165, 1.54) is 0 Å². The first kappa shape index (κ1) is 15.8. The lowest BCUT2D eigenvalue weighted by molar-refractivity contribution is 0.0868. The summed E-state index contributed by atoms with van der Waals surface area (Å²) in [7, 11) is 0.747. The van der Waals surface area contributed by atoms with Gasteiger partial charge in [0.15, 0.2) is 0 Å². The molecule has 0 radical (unpaired) electrons. The van der Waals surface area contributed by atoms with Crippen LogP contribution in [0.4, 0.5) is 0 Å². The first-order valence-electron chi connectivity index (χ1n) is 6.31. The lowest BCUT2D eigenvalue weighted by Gasteiger charge is -2.25. The Bertz CT molecular complexity index is 229. The maximum atomic E-state index is 5.75. The molecule has 106 valence electrons. The summed E-state index contributed by atoms with van der Waals surface area (Å²) in [6.45, 7) is 6.64. The molecule has 1 saturated heterocycles. The fraction of sp³-hybridized carbons (Fsp3) is 0.833. The number of hydrogen-bond donors (Lipinski definition) is 0. The van der Waals surface area contributed by atoms with E-state index >= 15 is 0 Å². The van der Waals surface area contributed by atoms with E-state index in [1.54, 1.807) is 20.3 Å². The van der Waals surface area contributed by atoms with Crippen molar-refractivity contribution >= 4 is 8.80 Å². The summed E-state index contributed by atoms with van der Waals surface area (Å²) in [6, 6.07) is 0.634. The SMILES string of the molecule is C=CC[Si](OC)(OC)OCCCCOCC1CO1. The Morgan fingerprint density at radius 3 is 2.50 bits per heavy atom. The lowest BCUT2D eigenvalue weighted by Crippen LogP contribution is -2.43. The predicted octanol–water partition coefficient (Wildman–Crippen LogP) is 1.62. The molecule has 0 N–H and O–H groups in total. The fourth-order valence-corrected chi connectivity index (χ4v) is 3.18. The number of hydrogen-bond acceptors (Lipinski definition) is 5. The van der Waals surface area contributed by atoms with Gasteiger partial charge in [0.1, 0.15) is 6.10 Å². The molecule has 0 aromatic carbocycles. The number of rotatable bonds is 12. The largest absolute Gasteiger partial charge is 0.504 e. The minimum absolute atomic E-state index is 0.343. The van der Waals surface area contributed by atoms with Crippen LogP contribution < -0.4 is 0 Å². The van der Waals surface area contributed by atoms with Crippen LogP contribution in [-0.4, -0.2) is 55.6 Å². The van der Waals surface area contributed by atoms with E-state index in [0.29, 0.717) is 25.4 Å². The Kier molecular flexibility index (Phi) is 7.72. The Labute approximate surface area is 110 Å². The molecule has 1 rings (SSSR count). The van der Waals surface area contributed by atoms with Crippen molar-refractivity contribution in [3.8, 4) is 0 Å². The van der Waals surface area contributed by atoms with Crippen LogP contribution in [0.15, 0.2) is 12.7 Å². The highest BCUT2D eigenvalue weighted by Gasteiger charge is 2.37. The average molecular weight is 276 g/mol. The highest BCUT2D eigenvalue weighted by Crippen LogP contribution is 2.14. The first-order valence-corrected chi connectivity index (χ1v) is 8.24. The van der Waals surface area contributed by atoms with Crippen LogP contribution in [0.25, 0.3) is 0 Å². The van der Waals surface area contributed by atoms with Gasteiger partial charge >= 0.3 is 8.80 Å². The molecule has 1 heterocycles. The van der Waals surface area contributed by atoms with Crippen molar-refractivity contribution in [2.45, 2.75) is 25.0 Å². The van der Waals surface area contributed by atoms with Crippen LogP contribution in [0.5, 0.6) is 0 Å². The second-order valence-corrected chi connectivity index (χ2v) is 7.05. The van der Waals surface area contributed by atoms with E-state index in [4.69, 9.17) is 22.8 Å². The van der Waals surface area contributed by atoms with Gasteiger partial charge in [0.05, 0.1) is 13.2 Å². The molecule has 1 atom stereocenters. The van der Waals surface area contributed by atoms with Crippen LogP contribution in [0.3, 0.4) is 0 Å². The predicted molar refractivity (Wildman–Crippen MR) is 70.5 cm³/mol. The maximum Gasteiger partial charge on any atom is 0.504 e. The average Bonchev–Trinajstić information content (AvgIpc) is 3.20. The van der Waals surface area contributed by atoms with Gasteiger partial charge in [-0.05, 0) is 12.8 Å². The normalized spacial score (nSPS) is 18.9. The maximum absolute atomic E-state index is 5.75. The molecule has 6 heteroatoms. The lowest BCUT2D eigenvalue weighted by atomic mass is 10.3. The third kappa shape index (κ3) is 6.08. The molecule has 0 bridgehead atoms. The summed E-state index contributed by atoms with van der Waals surface area (Å²) in [5.41, 5.74) is 0. The molecule has 0 aromatic heterocycles. The zero-order chi connectivity index (χ0) is 13.3. The summed E-state index contributed by atoms with van der Waals surface area (Å²) in [4.78, 5) is 0. The molecular formula is C12H24O5Si. The van der Waals surface area contributed by atoms with Gasteiger partial charge in [-0.15, -0.1) is 6.58 Å². The Hall–Kier alpha value is -0.243. The van der Waals surface area contributed by atoms with Crippen LogP contribution in [0, 0.1) is 0 Å². The number of epoxide rings is 1. The number of ether oxygens (including phenoxy) is 2. The fourth-order valence-electron chi connectivity index (χ4n) is 1.52. The van der Waals surface area contributed by atoms with Crippen LogP contribution in [-0.2, 0) is 22.8 Å². The van der Waals surface area contributed by atoms with E-state index in [-0.39, 0.29) is 0 Å². The van der Waals surface area contributed by atoms with Gasteiger partial charge in [-0.1, -0.05) is 6.08 Å². The monoisotopic (exact) mass is 276 g/mol. The topological polar surface area (TPSA) is 49.5 Å². The minimum atomic E-state index is -2.50. The van der Waals surface area contributed by atoms with Gasteiger partial charge in [-0.3, -0.25) is 0 Å². The summed E-state index contributed by atoms with van der Waals surface area (Å²) in [5, 5.41) is 0. The van der Waals surface area contributed by atoms with Crippen molar-refractivity contribution in [1.29, 1.82) is 0 Å². The highest BCUT2D eigenvalue weighted by atomic mass is 28.4. The van der Waals surface area contributed by atoms with Crippen LogP contribution >= 0.6 is 0 Å². The van der Waals surface area contributed by atoms with Crippen molar-refractivity contribution in [2.75, 3.05) is 40.6 Å². The third-order valence-corrected chi connectivity index (χ3v) is 5.40. The summed E-state index contributed by atoms with van der Waals surface area (Å²) >= 11 is 0. The molecule has 18 heavy (non-hydrogen) atoms. The molecule has 0 amide bonds. The van der Waals surface area contributed by atoms with Crippen molar-refractivity contribution < 1.29 is 22.8 Å². The quantitative estimate of drug-likeness (QED) is 0.235. The molecule has 5 nitrogen and oxygen atoms in total. The van der Waals surface area contributed by atoms with Gasteiger partial charge in [-0.25, -0.2) is 0 Å². The van der Waals surface area contributed by atoms with Gasteiger partial charge < -0.3 is 22.8 Å². The highest BCUT2D eigenvalue weighted by molar-refractivity contribution is 6.61. The second kappa shape index (κ2) is 8.79. The van der Waals surface area contributed by atoms with Crippen molar-refractivity contribution in [2.24, 2.45) is 0 Å². The Morgan fingerprint density at radius 2 is 1.94 bits per heavy atom. The third-order valence-electron chi connectivity index (χ3n) is 2.73. The molecule has 1 unspecified atom stereocenters. The smallest absolute Gasteiger partial charge is 0.379 e. The standard InChI is InChI=1S/C12H24O5Si/c1-4-9-18(13-2,14-3)17-8-6-5-7-15-10-12-11-16-12/h4,12H,1,5-11H2,2-3H3. The molecule has 0 saturated carbocycles.